The summed E-state index contributed by atoms with van der Waals surface area (Å²) in [4.78, 5) is 40.7. The molecule has 1 N–H and O–H groups in total. The van der Waals surface area contributed by atoms with Crippen molar-refractivity contribution in [3.8, 4) is 0 Å². The minimum absolute atomic E-state index is 0.0724. The molecule has 0 saturated heterocycles. The lowest BCUT2D eigenvalue weighted by molar-refractivity contribution is -0.137. The molecule has 1 amide bonds. The zero-order chi connectivity index (χ0) is 22.2. The van der Waals surface area contributed by atoms with Gasteiger partial charge in [-0.3, -0.25) is 18.7 Å². The van der Waals surface area contributed by atoms with Crippen LogP contribution in [-0.2, 0) is 32.1 Å². The molecule has 2 heterocycles. The third kappa shape index (κ3) is 3.99. The molecule has 0 unspecified atom stereocenters. The molecule has 1 aromatic carbocycles. The summed E-state index contributed by atoms with van der Waals surface area (Å²) in [5.41, 5.74) is -1.78. The molecule has 160 valence electrons. The maximum atomic E-state index is 13.0. The average Bonchev–Trinajstić information content (AvgIpc) is 3.01. The van der Waals surface area contributed by atoms with Gasteiger partial charge >= 0.3 is 11.9 Å². The Bertz CT molecular complexity index is 1240. The molecule has 30 heavy (non-hydrogen) atoms. The first kappa shape index (κ1) is 21.7. The number of para-hydroxylation sites is 1. The van der Waals surface area contributed by atoms with Crippen molar-refractivity contribution in [2.75, 3.05) is 11.1 Å². The van der Waals surface area contributed by atoms with Crippen LogP contribution in [0.2, 0.25) is 0 Å². The molecule has 3 aromatic rings. The van der Waals surface area contributed by atoms with Crippen LogP contribution in [0, 0.1) is 0 Å². The van der Waals surface area contributed by atoms with Crippen LogP contribution in [0.5, 0.6) is 0 Å². The topological polar surface area (TPSA) is 90.9 Å². The summed E-state index contributed by atoms with van der Waals surface area (Å²) in [7, 11) is 4.51. The smallest absolute Gasteiger partial charge is 0.325 e. The van der Waals surface area contributed by atoms with Gasteiger partial charge in [-0.1, -0.05) is 23.9 Å². The number of nitrogens with one attached hydrogen (secondary N) is 1. The molecule has 12 heteroatoms. The quantitative estimate of drug-likeness (QED) is 0.613. The predicted molar refractivity (Wildman–Crippen MR) is 107 cm³/mol. The average molecular weight is 441 g/mol. The van der Waals surface area contributed by atoms with E-state index in [9.17, 15) is 27.6 Å². The van der Waals surface area contributed by atoms with Crippen LogP contribution in [0.25, 0.3) is 11.2 Å². The van der Waals surface area contributed by atoms with Gasteiger partial charge in [-0.2, -0.15) is 13.2 Å². The summed E-state index contributed by atoms with van der Waals surface area (Å²) < 4.78 is 42.9. The number of amides is 1. The van der Waals surface area contributed by atoms with Crippen molar-refractivity contribution in [1.82, 2.24) is 18.7 Å². The lowest BCUT2D eigenvalue weighted by Gasteiger charge is -2.13. The maximum Gasteiger partial charge on any atom is 0.418 e. The fourth-order valence-corrected chi connectivity index (χ4v) is 3.88. The molecule has 0 saturated carbocycles. The number of aromatic nitrogens is 4. The molecular formula is C18H18F3N5O3S. The van der Waals surface area contributed by atoms with Gasteiger partial charge in [0.15, 0.2) is 16.3 Å². The minimum Gasteiger partial charge on any atom is -0.325 e. The highest BCUT2D eigenvalue weighted by Crippen LogP contribution is 2.34. The highest BCUT2D eigenvalue weighted by Gasteiger charge is 2.33. The molecule has 3 rings (SSSR count). The Morgan fingerprint density at radius 2 is 1.77 bits per heavy atom. The van der Waals surface area contributed by atoms with Crippen molar-refractivity contribution < 1.29 is 18.0 Å². The van der Waals surface area contributed by atoms with Gasteiger partial charge in [0.05, 0.1) is 11.3 Å². The van der Waals surface area contributed by atoms with E-state index in [1.807, 2.05) is 0 Å². The van der Waals surface area contributed by atoms with E-state index >= 15 is 0 Å². The Balaban J connectivity index is 1.73. The third-order valence-corrected chi connectivity index (χ3v) is 5.52. The van der Waals surface area contributed by atoms with Crippen LogP contribution < -0.4 is 16.6 Å². The molecular weight excluding hydrogens is 423 g/mol. The second-order valence-electron chi connectivity index (χ2n) is 6.52. The standard InChI is InChI=1S/C18H18F3N5O3S/c1-24-14-13(15(28)26(3)17(29)25(14)2)23-16(24)30-9-8-12(27)22-11-7-5-4-6-10(11)18(19,20)21/h4-7H,8-9H2,1-3H3,(H,22,27). The van der Waals surface area contributed by atoms with Gasteiger partial charge < -0.3 is 9.88 Å². The number of benzene rings is 1. The molecule has 0 fully saturated rings. The Kier molecular flexibility index (Phi) is 5.79. The molecule has 0 radical (unpaired) electrons. The molecule has 0 atom stereocenters. The Morgan fingerprint density at radius 1 is 1.10 bits per heavy atom. The third-order valence-electron chi connectivity index (χ3n) is 4.49. The molecule has 0 bridgehead atoms. The predicted octanol–water partition coefficient (Wildman–Crippen LogP) is 2.11. The van der Waals surface area contributed by atoms with Gasteiger partial charge in [0, 0.05) is 33.3 Å². The lowest BCUT2D eigenvalue weighted by atomic mass is 10.1. The van der Waals surface area contributed by atoms with Gasteiger partial charge in [0.25, 0.3) is 5.56 Å². The monoisotopic (exact) mass is 441 g/mol. The van der Waals surface area contributed by atoms with Crippen molar-refractivity contribution in [1.29, 1.82) is 0 Å². The van der Waals surface area contributed by atoms with Crippen molar-refractivity contribution in [2.24, 2.45) is 21.1 Å². The number of anilines is 1. The van der Waals surface area contributed by atoms with Crippen LogP contribution in [0.1, 0.15) is 12.0 Å². The lowest BCUT2D eigenvalue weighted by Crippen LogP contribution is -2.37. The largest absolute Gasteiger partial charge is 0.418 e. The number of nitrogens with zero attached hydrogens (tertiary/aromatic N) is 4. The van der Waals surface area contributed by atoms with Crippen LogP contribution >= 0.6 is 11.8 Å². The number of hydrogen-bond donors (Lipinski definition) is 1. The van der Waals surface area contributed by atoms with Crippen molar-refractivity contribution in [2.45, 2.75) is 17.8 Å². The highest BCUT2D eigenvalue weighted by atomic mass is 32.2. The van der Waals surface area contributed by atoms with E-state index in [1.165, 1.54) is 36.9 Å². The fourth-order valence-electron chi connectivity index (χ4n) is 2.97. The number of alkyl halides is 3. The van der Waals surface area contributed by atoms with E-state index in [0.29, 0.717) is 10.8 Å². The van der Waals surface area contributed by atoms with Crippen molar-refractivity contribution in [3.63, 3.8) is 0 Å². The molecule has 0 aliphatic rings. The molecule has 0 spiro atoms. The Hall–Kier alpha value is -3.02. The number of aryl methyl sites for hydroxylation is 2. The summed E-state index contributed by atoms with van der Waals surface area (Å²) in [5, 5.41) is 2.69. The van der Waals surface area contributed by atoms with Crippen LogP contribution in [0.3, 0.4) is 0 Å². The van der Waals surface area contributed by atoms with Gasteiger partial charge in [-0.25, -0.2) is 9.78 Å². The molecule has 2 aromatic heterocycles. The molecule has 0 aliphatic carbocycles. The second kappa shape index (κ2) is 8.01. The fraction of sp³-hybridized carbons (Fsp3) is 0.333. The van der Waals surface area contributed by atoms with Crippen LogP contribution in [-0.4, -0.2) is 30.3 Å². The number of carbonyl (C=O) groups excluding carboxylic acids is 1. The van der Waals surface area contributed by atoms with Crippen LogP contribution in [0.4, 0.5) is 18.9 Å². The summed E-state index contributed by atoms with van der Waals surface area (Å²) in [6.07, 6.45) is -4.65. The number of carbonyl (C=O) groups is 1. The second-order valence-corrected chi connectivity index (χ2v) is 7.58. The first-order valence-electron chi connectivity index (χ1n) is 8.73. The van der Waals surface area contributed by atoms with Crippen molar-refractivity contribution in [3.05, 3.63) is 50.7 Å². The number of halogens is 3. The summed E-state index contributed by atoms with van der Waals surface area (Å²) in [6.45, 7) is 0. The summed E-state index contributed by atoms with van der Waals surface area (Å²) >= 11 is 1.16. The minimum atomic E-state index is -4.58. The van der Waals surface area contributed by atoms with E-state index in [-0.39, 0.29) is 23.4 Å². The van der Waals surface area contributed by atoms with Crippen LogP contribution in [0.15, 0.2) is 39.0 Å². The normalized spacial score (nSPS) is 11.8. The Labute approximate surface area is 172 Å². The van der Waals surface area contributed by atoms with E-state index < -0.39 is 28.9 Å². The number of imidazole rings is 1. The van der Waals surface area contributed by atoms with E-state index in [0.717, 1.165) is 22.4 Å². The van der Waals surface area contributed by atoms with Crippen molar-refractivity contribution >= 4 is 34.5 Å². The summed E-state index contributed by atoms with van der Waals surface area (Å²) in [5.74, 6) is -0.368. The molecule has 8 nitrogen and oxygen atoms in total. The van der Waals surface area contributed by atoms with E-state index in [1.54, 1.807) is 11.6 Å². The number of thioether (sulfide) groups is 1. The Morgan fingerprint density at radius 3 is 2.43 bits per heavy atom. The van der Waals surface area contributed by atoms with Gasteiger partial charge in [0.1, 0.15) is 0 Å². The van der Waals surface area contributed by atoms with E-state index in [2.05, 4.69) is 10.3 Å². The zero-order valence-corrected chi connectivity index (χ0v) is 17.1. The summed E-state index contributed by atoms with van der Waals surface area (Å²) in [6, 6.07) is 4.74. The first-order chi connectivity index (χ1) is 14.0. The highest BCUT2D eigenvalue weighted by molar-refractivity contribution is 7.99. The molecule has 0 aliphatic heterocycles. The maximum absolute atomic E-state index is 13.0. The first-order valence-corrected chi connectivity index (χ1v) is 9.72. The number of fused-ring (bicyclic) bond motifs is 1. The number of hydrogen-bond acceptors (Lipinski definition) is 5. The van der Waals surface area contributed by atoms with E-state index in [4.69, 9.17) is 0 Å². The SMILES string of the molecule is Cn1c(=O)c2nc(SCCC(=O)Nc3ccccc3C(F)(F)F)n(C)c2n(C)c1=O. The number of rotatable bonds is 5. The van der Waals surface area contributed by atoms with Gasteiger partial charge in [-0.15, -0.1) is 0 Å². The van der Waals surface area contributed by atoms with Gasteiger partial charge in [-0.05, 0) is 12.1 Å². The van der Waals surface area contributed by atoms with Gasteiger partial charge in [0.2, 0.25) is 5.91 Å². The zero-order valence-electron chi connectivity index (χ0n) is 16.3.